The third-order valence-corrected chi connectivity index (χ3v) is 4.71. The Labute approximate surface area is 142 Å². The number of nitrogens with two attached hydrogens (primary N) is 1. The number of nitrogens with zero attached hydrogens (tertiary/aromatic N) is 3. The number of aromatic nitrogens is 2. The Morgan fingerprint density at radius 1 is 1.43 bits per heavy atom. The van der Waals surface area contributed by atoms with Crippen molar-refractivity contribution in [3.63, 3.8) is 0 Å². The maximum absolute atomic E-state index is 12.4. The van der Waals surface area contributed by atoms with Crippen LogP contribution in [0.15, 0.2) is 12.4 Å². The van der Waals surface area contributed by atoms with E-state index in [2.05, 4.69) is 10.4 Å². The maximum atomic E-state index is 12.4. The van der Waals surface area contributed by atoms with Crippen LogP contribution >= 0.6 is 12.4 Å². The van der Waals surface area contributed by atoms with Crippen molar-refractivity contribution in [1.82, 2.24) is 15.1 Å². The molecule has 2 heterocycles. The molecule has 0 aromatic carbocycles. The van der Waals surface area contributed by atoms with Crippen LogP contribution in [0.1, 0.15) is 32.1 Å². The fourth-order valence-electron chi connectivity index (χ4n) is 3.43. The number of rotatable bonds is 4. The van der Waals surface area contributed by atoms with Crippen LogP contribution in [0.4, 0.5) is 5.69 Å². The second-order valence-electron chi connectivity index (χ2n) is 6.33. The number of hydrogen-bond donors (Lipinski definition) is 2. The molecule has 128 valence electrons. The van der Waals surface area contributed by atoms with E-state index < -0.39 is 6.04 Å². The van der Waals surface area contributed by atoms with Crippen molar-refractivity contribution < 1.29 is 9.59 Å². The quantitative estimate of drug-likeness (QED) is 0.837. The zero-order valence-corrected chi connectivity index (χ0v) is 14.1. The van der Waals surface area contributed by atoms with E-state index in [4.69, 9.17) is 5.73 Å². The SMILES string of the molecule is Cl.Cn1cc(N2CCC(NC(=O)C[C@@H]3CCC[C@H]3N)C2=O)cn1. The van der Waals surface area contributed by atoms with Gasteiger partial charge < -0.3 is 16.0 Å². The summed E-state index contributed by atoms with van der Waals surface area (Å²) in [6, 6.07) is -0.303. The van der Waals surface area contributed by atoms with Gasteiger partial charge in [0.05, 0.1) is 11.9 Å². The van der Waals surface area contributed by atoms with Crippen LogP contribution in [0.5, 0.6) is 0 Å². The molecule has 2 amide bonds. The average Bonchev–Trinajstić information content (AvgIpc) is 3.15. The lowest BCUT2D eigenvalue weighted by molar-refractivity contribution is -0.127. The predicted octanol–water partition coefficient (Wildman–Crippen LogP) is 0.581. The molecular weight excluding hydrogens is 318 g/mol. The molecule has 1 aromatic rings. The number of carbonyl (C=O) groups is 2. The smallest absolute Gasteiger partial charge is 0.249 e. The lowest BCUT2D eigenvalue weighted by Gasteiger charge is -2.18. The Bertz CT molecular complexity index is 576. The summed E-state index contributed by atoms with van der Waals surface area (Å²) in [5.74, 6) is 0.136. The Morgan fingerprint density at radius 3 is 2.83 bits per heavy atom. The zero-order chi connectivity index (χ0) is 15.7. The first-order valence-electron chi connectivity index (χ1n) is 7.89. The fourth-order valence-corrected chi connectivity index (χ4v) is 3.43. The van der Waals surface area contributed by atoms with Gasteiger partial charge in [0.2, 0.25) is 11.8 Å². The fraction of sp³-hybridized carbons (Fsp3) is 0.667. The maximum Gasteiger partial charge on any atom is 0.249 e. The first kappa shape index (κ1) is 17.7. The van der Waals surface area contributed by atoms with E-state index in [1.165, 1.54) is 0 Å². The number of amides is 2. The minimum Gasteiger partial charge on any atom is -0.344 e. The van der Waals surface area contributed by atoms with Gasteiger partial charge in [0, 0.05) is 32.3 Å². The zero-order valence-electron chi connectivity index (χ0n) is 13.3. The second-order valence-corrected chi connectivity index (χ2v) is 6.33. The molecule has 1 aliphatic carbocycles. The van der Waals surface area contributed by atoms with Crippen LogP contribution in [0.3, 0.4) is 0 Å². The molecule has 23 heavy (non-hydrogen) atoms. The molecule has 3 N–H and O–H groups in total. The number of aryl methyl sites for hydroxylation is 1. The topological polar surface area (TPSA) is 93.2 Å². The molecule has 0 spiro atoms. The molecule has 2 aliphatic rings. The highest BCUT2D eigenvalue weighted by Crippen LogP contribution is 2.27. The molecule has 1 unspecified atom stereocenters. The summed E-state index contributed by atoms with van der Waals surface area (Å²) in [5.41, 5.74) is 6.78. The van der Waals surface area contributed by atoms with Gasteiger partial charge in [-0.15, -0.1) is 12.4 Å². The minimum absolute atomic E-state index is 0. The van der Waals surface area contributed by atoms with E-state index in [9.17, 15) is 9.59 Å². The summed E-state index contributed by atoms with van der Waals surface area (Å²) in [6.07, 6.45) is 7.63. The third kappa shape index (κ3) is 3.84. The van der Waals surface area contributed by atoms with Gasteiger partial charge in [-0.05, 0) is 25.2 Å². The molecule has 3 atom stereocenters. The molecule has 1 aliphatic heterocycles. The summed E-state index contributed by atoms with van der Waals surface area (Å²) < 4.78 is 1.66. The monoisotopic (exact) mass is 341 g/mol. The summed E-state index contributed by atoms with van der Waals surface area (Å²) in [4.78, 5) is 26.2. The lowest BCUT2D eigenvalue weighted by atomic mass is 9.99. The Morgan fingerprint density at radius 2 is 2.22 bits per heavy atom. The minimum atomic E-state index is -0.426. The van der Waals surface area contributed by atoms with Gasteiger partial charge >= 0.3 is 0 Å². The number of hydrogen-bond acceptors (Lipinski definition) is 4. The first-order chi connectivity index (χ1) is 10.5. The Kier molecular flexibility index (Phi) is 5.64. The number of carbonyl (C=O) groups excluding carboxylic acids is 2. The number of nitrogens with one attached hydrogen (secondary N) is 1. The number of anilines is 1. The van der Waals surface area contributed by atoms with Crippen LogP contribution in [-0.4, -0.2) is 40.2 Å². The summed E-state index contributed by atoms with van der Waals surface area (Å²) in [5, 5.41) is 6.95. The van der Waals surface area contributed by atoms with Gasteiger partial charge in [-0.3, -0.25) is 14.3 Å². The van der Waals surface area contributed by atoms with E-state index in [-0.39, 0.29) is 36.2 Å². The van der Waals surface area contributed by atoms with Crippen LogP contribution < -0.4 is 16.0 Å². The third-order valence-electron chi connectivity index (χ3n) is 4.71. The first-order valence-corrected chi connectivity index (χ1v) is 7.89. The van der Waals surface area contributed by atoms with Crippen molar-refractivity contribution in [2.24, 2.45) is 18.7 Å². The largest absolute Gasteiger partial charge is 0.344 e. The van der Waals surface area contributed by atoms with E-state index >= 15 is 0 Å². The number of halogens is 1. The van der Waals surface area contributed by atoms with Crippen LogP contribution in [-0.2, 0) is 16.6 Å². The molecule has 0 radical (unpaired) electrons. The molecule has 1 saturated carbocycles. The predicted molar refractivity (Wildman–Crippen MR) is 89.3 cm³/mol. The van der Waals surface area contributed by atoms with Crippen LogP contribution in [0.2, 0.25) is 0 Å². The van der Waals surface area contributed by atoms with Crippen molar-refractivity contribution in [3.05, 3.63) is 12.4 Å². The second kappa shape index (κ2) is 7.31. The molecule has 1 aromatic heterocycles. The van der Waals surface area contributed by atoms with Crippen molar-refractivity contribution in [2.75, 3.05) is 11.4 Å². The van der Waals surface area contributed by atoms with Crippen molar-refractivity contribution in [1.29, 1.82) is 0 Å². The van der Waals surface area contributed by atoms with E-state index in [0.29, 0.717) is 19.4 Å². The summed E-state index contributed by atoms with van der Waals surface area (Å²) in [7, 11) is 1.81. The summed E-state index contributed by atoms with van der Waals surface area (Å²) in [6.45, 7) is 0.610. The van der Waals surface area contributed by atoms with Crippen LogP contribution in [0, 0.1) is 5.92 Å². The highest BCUT2D eigenvalue weighted by Gasteiger charge is 2.35. The molecule has 7 nitrogen and oxygen atoms in total. The Hall–Kier alpha value is -1.60. The van der Waals surface area contributed by atoms with E-state index in [1.54, 1.807) is 22.0 Å². The highest BCUT2D eigenvalue weighted by atomic mass is 35.5. The highest BCUT2D eigenvalue weighted by molar-refractivity contribution is 6.01. The average molecular weight is 342 g/mol. The van der Waals surface area contributed by atoms with Gasteiger partial charge in [-0.25, -0.2) is 0 Å². The van der Waals surface area contributed by atoms with Gasteiger partial charge in [-0.1, -0.05) is 6.42 Å². The lowest BCUT2D eigenvalue weighted by Crippen LogP contribution is -2.42. The molecule has 2 fully saturated rings. The van der Waals surface area contributed by atoms with Crippen molar-refractivity contribution in [3.8, 4) is 0 Å². The molecule has 1 saturated heterocycles. The molecule has 0 bridgehead atoms. The molecule has 3 rings (SSSR count). The van der Waals surface area contributed by atoms with Gasteiger partial charge in [0.25, 0.3) is 0 Å². The normalized spacial score (nSPS) is 27.1. The van der Waals surface area contributed by atoms with Crippen LogP contribution in [0.25, 0.3) is 0 Å². The van der Waals surface area contributed by atoms with Crippen molar-refractivity contribution >= 4 is 29.9 Å². The molecule has 8 heteroatoms. The van der Waals surface area contributed by atoms with Gasteiger partial charge in [0.15, 0.2) is 0 Å². The standard InChI is InChI=1S/C15H23N5O2.ClH/c1-19-9-11(8-17-19)20-6-5-13(15(20)22)18-14(21)7-10-3-2-4-12(10)16;/h8-10,12-13H,2-7,16H2,1H3,(H,18,21);1H/t10-,12+,13?;/m0./s1. The van der Waals surface area contributed by atoms with Gasteiger partial charge in [0.1, 0.15) is 6.04 Å². The van der Waals surface area contributed by atoms with Gasteiger partial charge in [-0.2, -0.15) is 5.10 Å². The van der Waals surface area contributed by atoms with Crippen molar-refractivity contribution in [2.45, 2.75) is 44.2 Å². The van der Waals surface area contributed by atoms with E-state index in [1.807, 2.05) is 7.05 Å². The van der Waals surface area contributed by atoms with E-state index in [0.717, 1.165) is 24.9 Å². The Balaban J connectivity index is 0.00000192. The summed E-state index contributed by atoms with van der Waals surface area (Å²) >= 11 is 0. The molecular formula is C15H24ClN5O2.